The Balaban J connectivity index is 0.000000153. The number of pyridine rings is 3. The molecule has 46 heteroatoms. The van der Waals surface area contributed by atoms with Crippen molar-refractivity contribution in [1.29, 1.82) is 0 Å². The van der Waals surface area contributed by atoms with Crippen LogP contribution in [0, 0.1) is 0 Å². The first-order valence-corrected chi connectivity index (χ1v) is 53.8. The number of hydrogen-bond acceptors (Lipinski definition) is 30. The van der Waals surface area contributed by atoms with E-state index in [4.69, 9.17) is 52.4 Å². The summed E-state index contributed by atoms with van der Waals surface area (Å²) in [5.74, 6) is 0.170. The van der Waals surface area contributed by atoms with E-state index in [9.17, 15) is 66.1 Å². The van der Waals surface area contributed by atoms with Crippen molar-refractivity contribution in [1.82, 2.24) is 45.9 Å². The van der Waals surface area contributed by atoms with E-state index in [2.05, 4.69) is 63.5 Å². The molecule has 5 amide bonds. The van der Waals surface area contributed by atoms with E-state index in [1.807, 2.05) is 122 Å². The lowest BCUT2D eigenvalue weighted by molar-refractivity contribution is 0.0850. The van der Waals surface area contributed by atoms with Gasteiger partial charge in [0.1, 0.15) is 108 Å². The lowest BCUT2D eigenvalue weighted by Crippen LogP contribution is -2.50. The largest absolute Gasteiger partial charge is 0.490 e. The fourth-order valence-electron chi connectivity index (χ4n) is 16.1. The fourth-order valence-corrected chi connectivity index (χ4v) is 21.5. The number of imidazole rings is 1. The van der Waals surface area contributed by atoms with Gasteiger partial charge in [-0.25, -0.2) is 52.1 Å². The highest BCUT2D eigenvalue weighted by atomic mass is 32.2. The van der Waals surface area contributed by atoms with E-state index in [0.717, 1.165) is 31.4 Å². The summed E-state index contributed by atoms with van der Waals surface area (Å²) in [5, 5.41) is 14.9. The second-order valence-corrected chi connectivity index (χ2v) is 46.3. The number of amides is 5. The van der Waals surface area contributed by atoms with Crippen LogP contribution >= 0.6 is 0 Å². The quantitative estimate of drug-likeness (QED) is 0.0232. The first-order valence-electron chi connectivity index (χ1n) is 45.7. The second kappa shape index (κ2) is 44.0. The Hall–Kier alpha value is -15.4. The van der Waals surface area contributed by atoms with E-state index in [1.165, 1.54) is 0 Å². The molecule has 1 fully saturated rings. The molecule has 0 bridgehead atoms. The van der Waals surface area contributed by atoms with Gasteiger partial charge in [0.25, 0.3) is 79.7 Å². The Labute approximate surface area is 846 Å². The number of rotatable bonds is 27. The molecular weight excluding hydrogens is 1980 g/mol. The Kier molecular flexibility index (Phi) is 32.5. The van der Waals surface area contributed by atoms with E-state index in [1.54, 1.807) is 195 Å². The summed E-state index contributed by atoms with van der Waals surface area (Å²) in [4.78, 5) is 79.3. The van der Waals surface area contributed by atoms with Crippen LogP contribution in [0.25, 0.3) is 5.65 Å². The molecule has 0 saturated heterocycles. The minimum atomic E-state index is -3.62. The van der Waals surface area contributed by atoms with Crippen LogP contribution in [0.2, 0.25) is 0 Å². The third kappa shape index (κ3) is 28.4. The number of sulfonamides is 5. The van der Waals surface area contributed by atoms with Crippen LogP contribution < -0.4 is 88.7 Å². The number of nitrogens with zero attached hydrogens (tertiary/aromatic N) is 11. The zero-order chi connectivity index (χ0) is 106. The maximum Gasteiger partial charge on any atom is 0.270 e. The summed E-state index contributed by atoms with van der Waals surface area (Å²) in [7, 11) is -10.5. The standard InChI is InChI=1S/C23H28N4O4S.C20H21N5O4S.C20H25N5O4S.C19H21N3O4S.C18H20N4O4S/c1-27(2)18-9-5-7-16(13-18)22(28)25-23(11-3-4-12-23)15-31-19-10-6-8-17-14-32(29,30)26-21(24)20(17)19;1-20(2,23-19(26)13-6-8-25-9-7-22-16(25)10-13)12-29-15-5-3-4-14-11-30(27,28)24-18(21)17(14)15;1-20(2,23-19(26)13-8-9-22-16(10-13)25(3)4)12-29-15-7-5-6-14-11-30(27,28)24-18(21)17(14)15;1-19(2,21-18(23)13-7-4-3-5-8-13)12-26-15-10-6-9-14-11-27(24,25)22-17(20)16(14)15;1-18(2,21-17(23)13-7-3-4-9-20-13)11-26-14-8-5-6-12-10-27(24,25)22-16(19)15(12)14/h5-10,13H,3-4,11-12,14-15H2,1-2H3,(H2,24,26)(H,25,28);3-10H,11-12H2,1-2H3,(H2,21,24)(H,23,26);5-10H,11-12H2,1-4H3,(H2,21,24)(H,23,26);3-10H,11-12H2,1-2H3,(H2,20,22)(H,21,23);3-9H,10-11H2,1-2H3,(H2,19,22)(H,21,23). The van der Waals surface area contributed by atoms with Gasteiger partial charge in [-0.05, 0) is 193 Å². The number of nitrogens with one attached hydrogen (secondary N) is 5. The number of anilines is 2. The number of aromatic nitrogens is 4. The van der Waals surface area contributed by atoms with Crippen LogP contribution in [0.4, 0.5) is 11.5 Å². The van der Waals surface area contributed by atoms with Gasteiger partial charge in [0, 0.05) is 87.1 Å². The molecule has 0 unspecified atom stereocenters. The lowest BCUT2D eigenvalue weighted by atomic mass is 9.97. The average Bonchev–Trinajstić information content (AvgIpc) is 1.46. The van der Waals surface area contributed by atoms with Gasteiger partial charge >= 0.3 is 0 Å². The third-order valence-corrected chi connectivity index (χ3v) is 28.8. The highest BCUT2D eigenvalue weighted by Crippen LogP contribution is 2.38. The lowest BCUT2D eigenvalue weighted by Gasteiger charge is -2.31. The molecule has 7 aromatic carbocycles. The van der Waals surface area contributed by atoms with E-state index < -0.39 is 77.8 Å². The second-order valence-electron chi connectivity index (χ2n) is 38.1. The number of nitrogens with two attached hydrogens (primary N) is 5. The van der Waals surface area contributed by atoms with Gasteiger partial charge in [0.2, 0.25) is 0 Å². The van der Waals surface area contributed by atoms with Crippen molar-refractivity contribution >= 4 is 126 Å². The number of carbonyl (C=O) groups is 5. The number of benzene rings is 7. The van der Waals surface area contributed by atoms with Crippen LogP contribution in [0.1, 0.15) is 189 Å². The molecule has 1 saturated carbocycles. The monoisotopic (exact) mass is 2090 g/mol. The van der Waals surface area contributed by atoms with Crippen molar-refractivity contribution in [2.45, 2.75) is 138 Å². The van der Waals surface area contributed by atoms with Gasteiger partial charge < -0.3 is 93.1 Å². The molecule has 146 heavy (non-hydrogen) atoms. The summed E-state index contributed by atoms with van der Waals surface area (Å²) >= 11 is 0. The highest BCUT2D eigenvalue weighted by Gasteiger charge is 2.40. The Morgan fingerprint density at radius 2 is 0.699 bits per heavy atom. The first kappa shape index (κ1) is 108. The van der Waals surface area contributed by atoms with Gasteiger partial charge in [0.15, 0.2) is 0 Å². The molecule has 9 heterocycles. The van der Waals surface area contributed by atoms with Crippen molar-refractivity contribution in [3.05, 3.63) is 303 Å². The normalized spacial score (nSPS) is 16.0. The summed E-state index contributed by atoms with van der Waals surface area (Å²) in [6.07, 6.45) is 12.0. The maximum atomic E-state index is 13.1. The van der Waals surface area contributed by atoms with Crippen molar-refractivity contribution in [2.75, 3.05) is 71.0 Å². The van der Waals surface area contributed by atoms with Crippen LogP contribution in [-0.2, 0) is 78.9 Å². The number of amidine groups is 5. The summed E-state index contributed by atoms with van der Waals surface area (Å²) in [6.45, 7) is 15.5. The molecule has 4 aromatic heterocycles. The van der Waals surface area contributed by atoms with Gasteiger partial charge in [-0.3, -0.25) is 29.0 Å². The molecule has 6 aliphatic rings. The Morgan fingerprint density at radius 1 is 0.349 bits per heavy atom. The number of hydrogen-bond donors (Lipinski definition) is 10. The molecule has 0 radical (unpaired) electrons. The topological polar surface area (TPSA) is 604 Å². The van der Waals surface area contributed by atoms with E-state index in [-0.39, 0.29) is 121 Å². The number of carbonyl (C=O) groups excluding carboxylic acids is 5. The Morgan fingerprint density at radius 3 is 1.08 bits per heavy atom. The minimum absolute atomic E-state index is 0.0631. The molecule has 1 aliphatic carbocycles. The number of ether oxygens (including phenoxy) is 5. The summed E-state index contributed by atoms with van der Waals surface area (Å²) in [5.41, 5.74) is 35.3. The van der Waals surface area contributed by atoms with Gasteiger partial charge in [-0.2, -0.15) is 0 Å². The zero-order valence-corrected chi connectivity index (χ0v) is 86.3. The van der Waals surface area contributed by atoms with Crippen LogP contribution in [0.3, 0.4) is 0 Å². The molecular formula is C100H115N21O20S5. The van der Waals surface area contributed by atoms with E-state index in [0.29, 0.717) is 124 Å². The number of fused-ring (bicyclic) bond motifs is 6. The fraction of sp³-hybridized carbons (Fsp3) is 0.310. The predicted molar refractivity (Wildman–Crippen MR) is 556 cm³/mol. The van der Waals surface area contributed by atoms with Crippen molar-refractivity contribution in [2.24, 2.45) is 50.7 Å². The molecule has 41 nitrogen and oxygen atoms in total. The van der Waals surface area contributed by atoms with Crippen LogP contribution in [0.5, 0.6) is 28.7 Å². The van der Waals surface area contributed by atoms with Gasteiger partial charge in [-0.15, -0.1) is 22.0 Å². The van der Waals surface area contributed by atoms with Crippen LogP contribution in [0.15, 0.2) is 241 Å². The molecule has 17 rings (SSSR count). The molecule has 770 valence electrons. The van der Waals surface area contributed by atoms with Crippen molar-refractivity contribution in [3.8, 4) is 28.7 Å². The van der Waals surface area contributed by atoms with E-state index >= 15 is 0 Å². The molecule has 11 aromatic rings. The maximum absolute atomic E-state index is 13.1. The Bertz CT molecular complexity index is 7460. The molecule has 5 aliphatic heterocycles. The molecule has 0 spiro atoms. The van der Waals surface area contributed by atoms with Crippen molar-refractivity contribution in [3.63, 3.8) is 0 Å². The average molecular weight is 2090 g/mol. The smallest absolute Gasteiger partial charge is 0.270 e. The SMILES string of the molecule is CC(C)(COc1cccc2c1C(N)=NS(=O)(=O)C2)NC(=O)c1ccccc1.CC(C)(COc1cccc2c1C(N)=NS(=O)(=O)C2)NC(=O)c1ccccn1.CC(C)(COc1cccc2c1C(N)=NS(=O)(=O)C2)NC(=O)c1ccn2ccnc2c1.CN(C)c1cc(C(=O)NC(C)(C)COc2cccc3c2C(N)=NS(=O)(=O)C3)ccn1.CN(C)c1cccc(C(=O)NC2(COc3cccc4c3C(N)=NS(=O)(=O)C4)CCCC2)c1. The zero-order valence-electron chi connectivity index (χ0n) is 82.2. The summed E-state index contributed by atoms with van der Waals surface area (Å²) < 4.78 is 168. The van der Waals surface area contributed by atoms with Gasteiger partial charge in [0.05, 0.1) is 84.3 Å². The molecule has 15 N–H and O–H groups in total. The predicted octanol–water partition coefficient (Wildman–Crippen LogP) is 8.22. The minimum Gasteiger partial charge on any atom is -0.490 e. The van der Waals surface area contributed by atoms with Crippen molar-refractivity contribution < 1.29 is 89.7 Å². The summed E-state index contributed by atoms with van der Waals surface area (Å²) in [6, 6.07) is 53.8. The first-order chi connectivity index (χ1) is 68.6. The molecule has 0 atom stereocenters. The van der Waals surface area contributed by atoms with Gasteiger partial charge in [-0.1, -0.05) is 104 Å². The third-order valence-electron chi connectivity index (χ3n) is 23.0. The van der Waals surface area contributed by atoms with Crippen LogP contribution in [-0.4, -0.2) is 209 Å². The highest BCUT2D eigenvalue weighted by molar-refractivity contribution is 7.90.